The summed E-state index contributed by atoms with van der Waals surface area (Å²) in [5, 5.41) is 0. The van der Waals surface area contributed by atoms with Crippen LogP contribution in [0, 0.1) is 11.6 Å². The number of ether oxygens (including phenoxy) is 1. The number of carbonyl (C=O) groups is 1. The van der Waals surface area contributed by atoms with Crippen LogP contribution in [0.5, 0.6) is 5.75 Å². The van der Waals surface area contributed by atoms with Crippen LogP contribution in [-0.4, -0.2) is 39.9 Å². The van der Waals surface area contributed by atoms with Gasteiger partial charge in [-0.3, -0.25) is 4.79 Å². The van der Waals surface area contributed by atoms with Crippen LogP contribution in [0.1, 0.15) is 12.8 Å². The van der Waals surface area contributed by atoms with Gasteiger partial charge in [0.2, 0.25) is 5.91 Å². The first-order valence-corrected chi connectivity index (χ1v) is 8.20. The van der Waals surface area contributed by atoms with E-state index in [0.29, 0.717) is 12.1 Å². The van der Waals surface area contributed by atoms with E-state index in [9.17, 15) is 22.0 Å². The molecule has 0 aliphatic heterocycles. The summed E-state index contributed by atoms with van der Waals surface area (Å²) in [6, 6.07) is 1.07. The Hall–Kier alpha value is -1.41. The van der Waals surface area contributed by atoms with Crippen molar-refractivity contribution in [1.82, 2.24) is 4.90 Å². The molecule has 1 amide bonds. The summed E-state index contributed by atoms with van der Waals surface area (Å²) in [6.07, 6.45) is 0.397. The smallest absolute Gasteiger partial charge is 0.265 e. The molecule has 118 valence electrons. The largest absolute Gasteiger partial charge is 0.489 e. The Kier molecular flexibility index (Phi) is 5.91. The van der Waals surface area contributed by atoms with Crippen molar-refractivity contribution in [3.63, 3.8) is 0 Å². The highest BCUT2D eigenvalue weighted by atomic mass is 35.7. The second kappa shape index (κ2) is 7.04. The molecule has 9 heteroatoms. The molecule has 1 aromatic rings. The number of amides is 1. The summed E-state index contributed by atoms with van der Waals surface area (Å²) in [4.78, 5) is 11.9. The number of benzene rings is 1. The second-order valence-corrected chi connectivity index (χ2v) is 6.93. The minimum atomic E-state index is -4.35. The monoisotopic (exact) mass is 341 g/mol. The first-order valence-electron chi connectivity index (χ1n) is 5.89. The number of rotatable bonds is 6. The second-order valence-electron chi connectivity index (χ2n) is 4.39. The van der Waals surface area contributed by atoms with E-state index in [1.807, 2.05) is 0 Å². The molecule has 0 radical (unpaired) electrons. The molecule has 1 aromatic carbocycles. The molecule has 0 heterocycles. The van der Waals surface area contributed by atoms with Crippen LogP contribution in [0.3, 0.4) is 0 Å². The predicted molar refractivity (Wildman–Crippen MR) is 72.8 cm³/mol. The van der Waals surface area contributed by atoms with Gasteiger partial charge in [0, 0.05) is 37.3 Å². The van der Waals surface area contributed by atoms with Gasteiger partial charge in [-0.05, 0) is 12.5 Å². The Bertz CT molecular complexity index is 634. The lowest BCUT2D eigenvalue weighted by atomic mass is 10.3. The van der Waals surface area contributed by atoms with Crippen LogP contribution < -0.4 is 4.74 Å². The molecule has 0 N–H and O–H groups in total. The Morgan fingerprint density at radius 3 is 2.48 bits per heavy atom. The summed E-state index contributed by atoms with van der Waals surface area (Å²) in [7, 11) is 3.93. The van der Waals surface area contributed by atoms with Gasteiger partial charge in [-0.15, -0.1) is 0 Å². The number of hydrogen-bond acceptors (Lipinski definition) is 4. The van der Waals surface area contributed by atoms with Crippen molar-refractivity contribution >= 4 is 25.6 Å². The molecule has 0 unspecified atom stereocenters. The molecule has 0 atom stereocenters. The fourth-order valence-electron chi connectivity index (χ4n) is 1.48. The van der Waals surface area contributed by atoms with E-state index in [4.69, 9.17) is 15.4 Å². The molecule has 1 rings (SSSR count). The third kappa shape index (κ3) is 5.13. The standard InChI is InChI=1S/C12H14ClF2NO4S/c1-16(2)11(17)4-3-5-20-12-9(15)6-8(14)7-10(12)21(13,18)19/h6-7H,3-5H2,1-2H3. The van der Waals surface area contributed by atoms with Gasteiger partial charge < -0.3 is 9.64 Å². The minimum absolute atomic E-state index is 0.110. The van der Waals surface area contributed by atoms with E-state index < -0.39 is 31.3 Å². The Morgan fingerprint density at radius 1 is 1.33 bits per heavy atom. The summed E-state index contributed by atoms with van der Waals surface area (Å²) in [6.45, 7) is -0.110. The molecular weight excluding hydrogens is 328 g/mol. The van der Waals surface area contributed by atoms with Crippen LogP contribution in [0.15, 0.2) is 17.0 Å². The van der Waals surface area contributed by atoms with E-state index >= 15 is 0 Å². The van der Waals surface area contributed by atoms with Gasteiger partial charge in [-0.2, -0.15) is 0 Å². The van der Waals surface area contributed by atoms with E-state index in [0.717, 1.165) is 0 Å². The fourth-order valence-corrected chi connectivity index (χ4v) is 2.45. The third-order valence-electron chi connectivity index (χ3n) is 2.52. The summed E-state index contributed by atoms with van der Waals surface area (Å²) in [5.41, 5.74) is 0. The van der Waals surface area contributed by atoms with Gasteiger partial charge in [0.25, 0.3) is 9.05 Å². The van der Waals surface area contributed by atoms with Crippen molar-refractivity contribution in [1.29, 1.82) is 0 Å². The van der Waals surface area contributed by atoms with Gasteiger partial charge in [-0.1, -0.05) is 0 Å². The molecular formula is C12H14ClF2NO4S. The van der Waals surface area contributed by atoms with Crippen molar-refractivity contribution in [3.05, 3.63) is 23.8 Å². The zero-order valence-corrected chi connectivity index (χ0v) is 13.0. The highest BCUT2D eigenvalue weighted by molar-refractivity contribution is 8.13. The third-order valence-corrected chi connectivity index (χ3v) is 3.84. The van der Waals surface area contributed by atoms with Crippen LogP contribution in [0.2, 0.25) is 0 Å². The zero-order chi connectivity index (χ0) is 16.2. The molecule has 0 saturated carbocycles. The van der Waals surface area contributed by atoms with Crippen molar-refractivity contribution in [2.75, 3.05) is 20.7 Å². The predicted octanol–water partition coefficient (Wildman–Crippen LogP) is 2.14. The maximum atomic E-state index is 13.6. The zero-order valence-electron chi connectivity index (χ0n) is 11.4. The molecule has 0 fully saturated rings. The van der Waals surface area contributed by atoms with Crippen molar-refractivity contribution in [2.24, 2.45) is 0 Å². The highest BCUT2D eigenvalue weighted by Crippen LogP contribution is 2.31. The van der Waals surface area contributed by atoms with Crippen molar-refractivity contribution in [3.8, 4) is 5.75 Å². The molecule has 0 aliphatic carbocycles. The van der Waals surface area contributed by atoms with Crippen molar-refractivity contribution in [2.45, 2.75) is 17.7 Å². The summed E-state index contributed by atoms with van der Waals surface area (Å²) in [5.74, 6) is -3.05. The quantitative estimate of drug-likeness (QED) is 0.587. The average molecular weight is 342 g/mol. The van der Waals surface area contributed by atoms with E-state index in [2.05, 4.69) is 0 Å². The number of hydrogen-bond donors (Lipinski definition) is 0. The topological polar surface area (TPSA) is 63.7 Å². The Labute approximate surface area is 125 Å². The number of nitrogens with zero attached hydrogens (tertiary/aromatic N) is 1. The van der Waals surface area contributed by atoms with E-state index in [1.54, 1.807) is 14.1 Å². The van der Waals surface area contributed by atoms with Gasteiger partial charge >= 0.3 is 0 Å². The fraction of sp³-hybridized carbons (Fsp3) is 0.417. The first kappa shape index (κ1) is 17.6. The SMILES string of the molecule is CN(C)C(=O)CCCOc1c(F)cc(F)cc1S(=O)(=O)Cl. The molecule has 0 spiro atoms. The Balaban J connectivity index is 2.82. The number of carbonyl (C=O) groups excluding carboxylic acids is 1. The summed E-state index contributed by atoms with van der Waals surface area (Å²) < 4.78 is 54.2. The molecule has 21 heavy (non-hydrogen) atoms. The highest BCUT2D eigenvalue weighted by Gasteiger charge is 2.22. The van der Waals surface area contributed by atoms with Crippen LogP contribution >= 0.6 is 10.7 Å². The Morgan fingerprint density at radius 2 is 1.95 bits per heavy atom. The first-order chi connectivity index (χ1) is 9.62. The van der Waals surface area contributed by atoms with Crippen LogP contribution in [0.25, 0.3) is 0 Å². The summed E-state index contributed by atoms with van der Waals surface area (Å²) >= 11 is 0. The van der Waals surface area contributed by atoms with Gasteiger partial charge in [0.1, 0.15) is 10.7 Å². The van der Waals surface area contributed by atoms with E-state index in [1.165, 1.54) is 4.90 Å². The van der Waals surface area contributed by atoms with Gasteiger partial charge in [0.15, 0.2) is 11.6 Å². The van der Waals surface area contributed by atoms with Crippen molar-refractivity contribution < 1.29 is 26.7 Å². The average Bonchev–Trinajstić information content (AvgIpc) is 2.34. The molecule has 0 saturated heterocycles. The van der Waals surface area contributed by atoms with E-state index in [-0.39, 0.29) is 25.4 Å². The molecule has 0 aromatic heterocycles. The maximum absolute atomic E-state index is 13.6. The minimum Gasteiger partial charge on any atom is -0.489 e. The van der Waals surface area contributed by atoms with Crippen LogP contribution in [0.4, 0.5) is 8.78 Å². The maximum Gasteiger partial charge on any atom is 0.265 e. The van der Waals surface area contributed by atoms with Gasteiger partial charge in [-0.25, -0.2) is 17.2 Å². The molecule has 0 aliphatic rings. The lowest BCUT2D eigenvalue weighted by Crippen LogP contribution is -2.21. The normalized spacial score (nSPS) is 11.3. The molecule has 5 nitrogen and oxygen atoms in total. The number of halogens is 3. The van der Waals surface area contributed by atoms with Gasteiger partial charge in [0.05, 0.1) is 6.61 Å². The lowest BCUT2D eigenvalue weighted by molar-refractivity contribution is -0.128. The lowest BCUT2D eigenvalue weighted by Gasteiger charge is -2.12. The molecule has 0 bridgehead atoms. The van der Waals surface area contributed by atoms with Crippen LogP contribution in [-0.2, 0) is 13.8 Å².